The number of amides is 1. The Labute approximate surface area is 160 Å². The lowest BCUT2D eigenvalue weighted by Gasteiger charge is -2.20. The fourth-order valence-electron chi connectivity index (χ4n) is 2.55. The van der Waals surface area contributed by atoms with Gasteiger partial charge < -0.3 is 14.8 Å². The third-order valence-corrected chi connectivity index (χ3v) is 5.09. The van der Waals surface area contributed by atoms with Crippen LogP contribution in [-0.4, -0.2) is 47.4 Å². The number of benzene rings is 2. The van der Waals surface area contributed by atoms with E-state index in [2.05, 4.69) is 5.32 Å². The van der Waals surface area contributed by atoms with Gasteiger partial charge in [0.05, 0.1) is 25.6 Å². The van der Waals surface area contributed by atoms with Crippen molar-refractivity contribution < 1.29 is 22.7 Å². The molecule has 27 heavy (non-hydrogen) atoms. The molecule has 0 bridgehead atoms. The highest BCUT2D eigenvalue weighted by atomic mass is 32.2. The second kappa shape index (κ2) is 9.27. The zero-order valence-electron chi connectivity index (χ0n) is 15.6. The quantitative estimate of drug-likeness (QED) is 0.662. The highest BCUT2D eigenvalue weighted by Crippen LogP contribution is 2.25. The van der Waals surface area contributed by atoms with Gasteiger partial charge in [-0.15, -0.1) is 0 Å². The van der Waals surface area contributed by atoms with E-state index in [1.54, 1.807) is 50.4 Å². The standard InChI is InChI=1S/C19H24N2O5S/c1-4-21(27(3,23)24)16-11-9-15(10-12-16)19(22)20-13-14-26-18-8-6-5-7-17(18)25-2/h5-12H,4,13-14H2,1-3H3,(H,20,22). The number of nitrogens with one attached hydrogen (secondary N) is 1. The molecule has 0 unspecified atom stereocenters. The minimum absolute atomic E-state index is 0.257. The molecule has 0 aliphatic carbocycles. The van der Waals surface area contributed by atoms with Crippen molar-refractivity contribution in [1.29, 1.82) is 0 Å². The van der Waals surface area contributed by atoms with Crippen molar-refractivity contribution in [2.75, 3.05) is 37.4 Å². The number of para-hydroxylation sites is 2. The van der Waals surface area contributed by atoms with Gasteiger partial charge in [0.25, 0.3) is 5.91 Å². The van der Waals surface area contributed by atoms with E-state index in [9.17, 15) is 13.2 Å². The third kappa shape index (κ3) is 5.62. The monoisotopic (exact) mass is 392 g/mol. The van der Waals surface area contributed by atoms with E-state index >= 15 is 0 Å². The van der Waals surface area contributed by atoms with Crippen LogP contribution in [0.25, 0.3) is 0 Å². The second-order valence-electron chi connectivity index (χ2n) is 5.73. The third-order valence-electron chi connectivity index (χ3n) is 3.82. The van der Waals surface area contributed by atoms with Crippen molar-refractivity contribution in [3.63, 3.8) is 0 Å². The molecule has 0 aliphatic heterocycles. The number of carbonyl (C=O) groups excluding carboxylic acids is 1. The Bertz CT molecular complexity index is 866. The van der Waals surface area contributed by atoms with Crippen LogP contribution in [0.4, 0.5) is 5.69 Å². The minimum atomic E-state index is -3.34. The van der Waals surface area contributed by atoms with E-state index in [0.29, 0.717) is 42.4 Å². The Kier molecular flexibility index (Phi) is 7.06. The molecule has 2 aromatic carbocycles. The number of ether oxygens (including phenoxy) is 2. The highest BCUT2D eigenvalue weighted by molar-refractivity contribution is 7.92. The lowest BCUT2D eigenvalue weighted by atomic mass is 10.2. The van der Waals surface area contributed by atoms with Gasteiger partial charge in [-0.3, -0.25) is 9.10 Å². The predicted octanol–water partition coefficient (Wildman–Crippen LogP) is 2.29. The first kappa shape index (κ1) is 20.6. The Morgan fingerprint density at radius 2 is 1.70 bits per heavy atom. The molecule has 2 rings (SSSR count). The van der Waals surface area contributed by atoms with Crippen LogP contribution in [-0.2, 0) is 10.0 Å². The first-order valence-electron chi connectivity index (χ1n) is 8.48. The van der Waals surface area contributed by atoms with Crippen molar-refractivity contribution in [3.05, 3.63) is 54.1 Å². The van der Waals surface area contributed by atoms with Crippen LogP contribution in [0, 0.1) is 0 Å². The summed E-state index contributed by atoms with van der Waals surface area (Å²) in [4.78, 5) is 12.2. The van der Waals surface area contributed by atoms with Crippen molar-refractivity contribution in [2.45, 2.75) is 6.92 Å². The van der Waals surface area contributed by atoms with Crippen LogP contribution >= 0.6 is 0 Å². The fourth-order valence-corrected chi connectivity index (χ4v) is 3.53. The average molecular weight is 392 g/mol. The summed E-state index contributed by atoms with van der Waals surface area (Å²) in [6, 6.07) is 13.7. The Balaban J connectivity index is 1.89. The molecule has 1 amide bonds. The molecule has 0 aromatic heterocycles. The number of hydrogen-bond donors (Lipinski definition) is 1. The number of hydrogen-bond acceptors (Lipinski definition) is 5. The molecule has 0 heterocycles. The molecule has 0 spiro atoms. The first-order chi connectivity index (χ1) is 12.9. The van der Waals surface area contributed by atoms with Crippen LogP contribution < -0.4 is 19.1 Å². The molecule has 0 saturated carbocycles. The summed E-state index contributed by atoms with van der Waals surface area (Å²) in [7, 11) is -1.78. The lowest BCUT2D eigenvalue weighted by Crippen LogP contribution is -2.30. The summed E-state index contributed by atoms with van der Waals surface area (Å²) in [5.74, 6) is 0.984. The Hall–Kier alpha value is -2.74. The van der Waals surface area contributed by atoms with E-state index < -0.39 is 10.0 Å². The second-order valence-corrected chi connectivity index (χ2v) is 7.64. The van der Waals surface area contributed by atoms with Crippen molar-refractivity contribution in [3.8, 4) is 11.5 Å². The Morgan fingerprint density at radius 3 is 2.26 bits per heavy atom. The maximum Gasteiger partial charge on any atom is 0.251 e. The molecule has 0 fully saturated rings. The molecule has 0 atom stereocenters. The van der Waals surface area contributed by atoms with Crippen LogP contribution in [0.1, 0.15) is 17.3 Å². The molecule has 2 aromatic rings. The number of rotatable bonds is 9. The molecule has 0 radical (unpaired) electrons. The zero-order chi connectivity index (χ0) is 19.9. The lowest BCUT2D eigenvalue weighted by molar-refractivity contribution is 0.0947. The van der Waals surface area contributed by atoms with Gasteiger partial charge in [-0.25, -0.2) is 8.42 Å². The van der Waals surface area contributed by atoms with Crippen LogP contribution in [0.5, 0.6) is 11.5 Å². The molecular weight excluding hydrogens is 368 g/mol. The molecule has 0 aliphatic rings. The van der Waals surface area contributed by atoms with Gasteiger partial charge >= 0.3 is 0 Å². The van der Waals surface area contributed by atoms with Gasteiger partial charge in [0, 0.05) is 12.1 Å². The maximum atomic E-state index is 12.2. The van der Waals surface area contributed by atoms with E-state index in [1.807, 2.05) is 12.1 Å². The van der Waals surface area contributed by atoms with Crippen LogP contribution in [0.15, 0.2) is 48.5 Å². The summed E-state index contributed by atoms with van der Waals surface area (Å²) in [5.41, 5.74) is 0.969. The summed E-state index contributed by atoms with van der Waals surface area (Å²) in [5, 5.41) is 2.76. The van der Waals surface area contributed by atoms with Gasteiger partial charge in [0.15, 0.2) is 11.5 Å². The number of nitrogens with zero attached hydrogens (tertiary/aromatic N) is 1. The maximum absolute atomic E-state index is 12.2. The van der Waals surface area contributed by atoms with Gasteiger partial charge in [0.1, 0.15) is 6.61 Å². The van der Waals surface area contributed by atoms with Crippen molar-refractivity contribution in [2.24, 2.45) is 0 Å². The van der Waals surface area contributed by atoms with E-state index in [-0.39, 0.29) is 5.91 Å². The molecular formula is C19H24N2O5S. The molecule has 146 valence electrons. The van der Waals surface area contributed by atoms with Gasteiger partial charge in [-0.1, -0.05) is 12.1 Å². The van der Waals surface area contributed by atoms with E-state index in [1.165, 1.54) is 4.31 Å². The summed E-state index contributed by atoms with van der Waals surface area (Å²) in [6.45, 7) is 2.69. The zero-order valence-corrected chi connectivity index (χ0v) is 16.5. The number of carbonyl (C=O) groups is 1. The topological polar surface area (TPSA) is 84.9 Å². The van der Waals surface area contributed by atoms with Crippen molar-refractivity contribution in [1.82, 2.24) is 5.32 Å². The normalized spacial score (nSPS) is 10.9. The van der Waals surface area contributed by atoms with Gasteiger partial charge in [0.2, 0.25) is 10.0 Å². The van der Waals surface area contributed by atoms with Gasteiger partial charge in [-0.05, 0) is 43.3 Å². The summed E-state index contributed by atoms with van der Waals surface area (Å²) >= 11 is 0. The molecule has 1 N–H and O–H groups in total. The first-order valence-corrected chi connectivity index (χ1v) is 10.3. The summed E-state index contributed by atoms with van der Waals surface area (Å²) < 4.78 is 35.6. The van der Waals surface area contributed by atoms with Gasteiger partial charge in [-0.2, -0.15) is 0 Å². The number of anilines is 1. The molecule has 7 nitrogen and oxygen atoms in total. The summed E-state index contributed by atoms with van der Waals surface area (Å²) in [6.07, 6.45) is 1.15. The highest BCUT2D eigenvalue weighted by Gasteiger charge is 2.15. The largest absolute Gasteiger partial charge is 0.493 e. The minimum Gasteiger partial charge on any atom is -0.493 e. The molecule has 0 saturated heterocycles. The molecule has 8 heteroatoms. The number of sulfonamides is 1. The average Bonchev–Trinajstić information content (AvgIpc) is 2.65. The SMILES string of the molecule is CCN(c1ccc(C(=O)NCCOc2ccccc2OC)cc1)S(C)(=O)=O. The van der Waals surface area contributed by atoms with Crippen molar-refractivity contribution >= 4 is 21.6 Å². The predicted molar refractivity (Wildman–Crippen MR) is 105 cm³/mol. The van der Waals surface area contributed by atoms with Crippen LogP contribution in [0.3, 0.4) is 0 Å². The van der Waals surface area contributed by atoms with E-state index in [0.717, 1.165) is 6.26 Å². The smallest absolute Gasteiger partial charge is 0.251 e. The number of methoxy groups -OCH3 is 1. The van der Waals surface area contributed by atoms with E-state index in [4.69, 9.17) is 9.47 Å². The van der Waals surface area contributed by atoms with Crippen LogP contribution in [0.2, 0.25) is 0 Å². The Morgan fingerprint density at radius 1 is 1.07 bits per heavy atom. The fraction of sp³-hybridized carbons (Fsp3) is 0.316.